The summed E-state index contributed by atoms with van der Waals surface area (Å²) in [5, 5.41) is 0. The molecule has 0 heterocycles. The lowest BCUT2D eigenvalue weighted by atomic mass is 10.0. The Balaban J connectivity index is 3.03. The molecule has 0 amide bonds. The minimum Gasteiger partial charge on any atom is -0.286 e. The van der Waals surface area contributed by atoms with Crippen LogP contribution in [-0.4, -0.2) is 18.7 Å². The topological polar surface area (TPSA) is 54.4 Å². The molecule has 0 unspecified atom stereocenters. The summed E-state index contributed by atoms with van der Waals surface area (Å²) in [6, 6.07) is 0. The number of rotatable bonds is 24. The molecule has 0 aromatic carbocycles. The second kappa shape index (κ2) is 22.6. The van der Waals surface area contributed by atoms with Crippen molar-refractivity contribution in [2.24, 2.45) is 0 Å². The molecule has 1 N–H and O–H groups in total. The van der Waals surface area contributed by atoms with Gasteiger partial charge in [0.2, 0.25) is 0 Å². The van der Waals surface area contributed by atoms with Crippen molar-refractivity contribution in [3.8, 4) is 0 Å². The van der Waals surface area contributed by atoms with Crippen molar-refractivity contribution in [1.29, 1.82) is 0 Å². The molecule has 0 aromatic rings. The molecular weight excluding hydrogens is 380 g/mol. The maximum absolute atomic E-state index is 10.6. The summed E-state index contributed by atoms with van der Waals surface area (Å²) in [5.41, 5.74) is 0. The van der Waals surface area contributed by atoms with Gasteiger partial charge in [0.15, 0.2) is 0 Å². The van der Waals surface area contributed by atoms with Crippen LogP contribution in [0.3, 0.4) is 0 Å². The van der Waals surface area contributed by atoms with Crippen molar-refractivity contribution < 1.29 is 13.0 Å². The van der Waals surface area contributed by atoms with Gasteiger partial charge in [-0.2, -0.15) is 8.42 Å². The molecule has 0 rings (SSSR count). The van der Waals surface area contributed by atoms with E-state index in [1.807, 2.05) is 0 Å². The van der Waals surface area contributed by atoms with Gasteiger partial charge in [0, 0.05) is 0 Å². The van der Waals surface area contributed by atoms with E-state index in [0.29, 0.717) is 6.42 Å². The van der Waals surface area contributed by atoms with E-state index in [-0.39, 0.29) is 5.75 Å². The number of unbranched alkanes of at least 4 members (excludes halogenated alkanes) is 22. The van der Waals surface area contributed by atoms with Gasteiger partial charge in [-0.05, 0) is 6.42 Å². The van der Waals surface area contributed by atoms with Gasteiger partial charge in [-0.1, -0.05) is 148 Å². The molecule has 3 nitrogen and oxygen atoms in total. The summed E-state index contributed by atoms with van der Waals surface area (Å²) in [6.45, 7) is 2.29. The molecule has 0 aliphatic carbocycles. The Kier molecular flexibility index (Phi) is 22.5. The highest BCUT2D eigenvalue weighted by molar-refractivity contribution is 7.85. The van der Waals surface area contributed by atoms with Gasteiger partial charge in [0.05, 0.1) is 5.75 Å². The molecule has 0 aliphatic heterocycles. The summed E-state index contributed by atoms with van der Waals surface area (Å²) in [5.74, 6) is -0.0772. The minimum absolute atomic E-state index is 0.0772. The highest BCUT2D eigenvalue weighted by atomic mass is 32.2. The van der Waals surface area contributed by atoms with E-state index in [1.165, 1.54) is 128 Å². The Bertz CT molecular complexity index is 406. The van der Waals surface area contributed by atoms with Crippen LogP contribution in [0.4, 0.5) is 0 Å². The van der Waals surface area contributed by atoms with Gasteiger partial charge in [0.25, 0.3) is 10.1 Å². The second-order valence-corrected chi connectivity index (χ2v) is 10.6. The third kappa shape index (κ3) is 27.9. The smallest absolute Gasteiger partial charge is 0.264 e. The molecule has 29 heavy (non-hydrogen) atoms. The van der Waals surface area contributed by atoms with Gasteiger partial charge in [-0.15, -0.1) is 0 Å². The summed E-state index contributed by atoms with van der Waals surface area (Å²) >= 11 is 0. The molecule has 0 aliphatic rings. The SMILES string of the molecule is CCCCCCCCCCCCCCCCCCCCCCCCCS(=O)(=O)O. The summed E-state index contributed by atoms with van der Waals surface area (Å²) in [6.07, 6.45) is 30.6. The van der Waals surface area contributed by atoms with E-state index in [1.54, 1.807) is 0 Å². The van der Waals surface area contributed by atoms with Crippen molar-refractivity contribution in [2.45, 2.75) is 155 Å². The number of hydrogen-bond acceptors (Lipinski definition) is 2. The number of hydrogen-bond donors (Lipinski definition) is 1. The van der Waals surface area contributed by atoms with Crippen molar-refractivity contribution >= 4 is 10.1 Å². The molecule has 4 heteroatoms. The Morgan fingerprint density at radius 2 is 0.621 bits per heavy atom. The molecule has 176 valence electrons. The van der Waals surface area contributed by atoms with Gasteiger partial charge < -0.3 is 0 Å². The lowest BCUT2D eigenvalue weighted by molar-refractivity contribution is 0.478. The molecule has 0 spiro atoms. The van der Waals surface area contributed by atoms with Crippen LogP contribution in [-0.2, 0) is 10.1 Å². The van der Waals surface area contributed by atoms with Crippen LogP contribution < -0.4 is 0 Å². The highest BCUT2D eigenvalue weighted by Crippen LogP contribution is 2.15. The average molecular weight is 433 g/mol. The van der Waals surface area contributed by atoms with Crippen LogP contribution in [0, 0.1) is 0 Å². The quantitative estimate of drug-likeness (QED) is 0.122. The third-order valence-corrected chi connectivity index (χ3v) is 6.81. The zero-order chi connectivity index (χ0) is 21.5. The standard InChI is InChI=1S/C25H52O3S/c1-2-3-4-5-6-7-8-9-10-11-12-13-14-15-16-17-18-19-20-21-22-23-24-25-29(26,27)28/h2-25H2,1H3,(H,26,27,28). The van der Waals surface area contributed by atoms with Crippen molar-refractivity contribution in [2.75, 3.05) is 5.75 Å². The summed E-state index contributed by atoms with van der Waals surface area (Å²) in [7, 11) is -3.75. The van der Waals surface area contributed by atoms with E-state index in [9.17, 15) is 8.42 Å². The largest absolute Gasteiger partial charge is 0.286 e. The Morgan fingerprint density at radius 3 is 0.828 bits per heavy atom. The molecule has 0 aromatic heterocycles. The van der Waals surface area contributed by atoms with Crippen molar-refractivity contribution in [3.63, 3.8) is 0 Å². The Morgan fingerprint density at radius 1 is 0.414 bits per heavy atom. The van der Waals surface area contributed by atoms with Crippen LogP contribution in [0.25, 0.3) is 0 Å². The van der Waals surface area contributed by atoms with Crippen molar-refractivity contribution in [1.82, 2.24) is 0 Å². The fourth-order valence-corrected chi connectivity index (χ4v) is 4.64. The third-order valence-electron chi connectivity index (χ3n) is 6.01. The van der Waals surface area contributed by atoms with Crippen LogP contribution in [0.15, 0.2) is 0 Å². The lowest BCUT2D eigenvalue weighted by Gasteiger charge is -2.04. The van der Waals surface area contributed by atoms with Crippen LogP contribution >= 0.6 is 0 Å². The van der Waals surface area contributed by atoms with E-state index in [0.717, 1.165) is 12.8 Å². The predicted molar refractivity (Wildman–Crippen MR) is 128 cm³/mol. The van der Waals surface area contributed by atoms with E-state index >= 15 is 0 Å². The van der Waals surface area contributed by atoms with E-state index in [4.69, 9.17) is 4.55 Å². The Labute approximate surface area is 183 Å². The minimum atomic E-state index is -3.75. The first-order chi connectivity index (χ1) is 14.1. The monoisotopic (exact) mass is 432 g/mol. The summed E-state index contributed by atoms with van der Waals surface area (Å²) < 4.78 is 29.9. The first-order valence-corrected chi connectivity index (χ1v) is 14.6. The first kappa shape index (κ1) is 28.9. The first-order valence-electron chi connectivity index (χ1n) is 13.0. The molecular formula is C25H52O3S. The van der Waals surface area contributed by atoms with Gasteiger partial charge in [0.1, 0.15) is 0 Å². The maximum atomic E-state index is 10.6. The lowest BCUT2D eigenvalue weighted by Crippen LogP contribution is -2.03. The van der Waals surface area contributed by atoms with Crippen molar-refractivity contribution in [3.05, 3.63) is 0 Å². The van der Waals surface area contributed by atoms with Gasteiger partial charge in [-0.3, -0.25) is 4.55 Å². The second-order valence-electron chi connectivity index (χ2n) is 9.06. The van der Waals surface area contributed by atoms with Gasteiger partial charge >= 0.3 is 0 Å². The zero-order valence-electron chi connectivity index (χ0n) is 19.6. The molecule has 0 saturated heterocycles. The molecule has 0 atom stereocenters. The molecule has 0 bridgehead atoms. The van der Waals surface area contributed by atoms with Crippen LogP contribution in [0.1, 0.15) is 155 Å². The van der Waals surface area contributed by atoms with Crippen LogP contribution in [0.5, 0.6) is 0 Å². The molecule has 0 saturated carbocycles. The summed E-state index contributed by atoms with van der Waals surface area (Å²) in [4.78, 5) is 0. The normalized spacial score (nSPS) is 11.9. The fourth-order valence-electron chi connectivity index (χ4n) is 4.07. The average Bonchev–Trinajstić information content (AvgIpc) is 2.67. The fraction of sp³-hybridized carbons (Fsp3) is 1.00. The Hall–Kier alpha value is -0.0900. The van der Waals surface area contributed by atoms with E-state index < -0.39 is 10.1 Å². The van der Waals surface area contributed by atoms with Crippen LogP contribution in [0.2, 0.25) is 0 Å². The predicted octanol–water partition coefficient (Wildman–Crippen LogP) is 8.87. The molecule has 0 radical (unpaired) electrons. The molecule has 0 fully saturated rings. The van der Waals surface area contributed by atoms with E-state index in [2.05, 4.69) is 6.92 Å². The zero-order valence-corrected chi connectivity index (χ0v) is 20.5. The van der Waals surface area contributed by atoms with Gasteiger partial charge in [-0.25, -0.2) is 0 Å². The maximum Gasteiger partial charge on any atom is 0.264 e. The highest BCUT2D eigenvalue weighted by Gasteiger charge is 2.02.